The van der Waals surface area contributed by atoms with Crippen LogP contribution in [0.2, 0.25) is 0 Å². The number of phenols is 1. The van der Waals surface area contributed by atoms with Crippen LogP contribution in [0.3, 0.4) is 0 Å². The molecular formula is C17H17F7O. The van der Waals surface area contributed by atoms with Crippen LogP contribution in [0.1, 0.15) is 55.2 Å². The normalized spacial score (nSPS) is 21.3. The summed E-state index contributed by atoms with van der Waals surface area (Å²) in [7, 11) is 0. The van der Waals surface area contributed by atoms with E-state index in [0.29, 0.717) is 0 Å². The summed E-state index contributed by atoms with van der Waals surface area (Å²) in [5, 5.41) is 10.0. The summed E-state index contributed by atoms with van der Waals surface area (Å²) in [6, 6.07) is 1.19. The SMILES string of the molecule is Cc1c(C2(CC(F)(F)F)CC2)cc(C2(CC(F)(F)F)CC2)c(O)c1F. The van der Waals surface area contributed by atoms with Crippen LogP contribution >= 0.6 is 0 Å². The number of alkyl halides is 6. The van der Waals surface area contributed by atoms with Crippen LogP contribution in [0.25, 0.3) is 0 Å². The van der Waals surface area contributed by atoms with Gasteiger partial charge in [-0.3, -0.25) is 0 Å². The molecule has 0 heterocycles. The molecule has 1 aromatic carbocycles. The Morgan fingerprint density at radius 3 is 1.64 bits per heavy atom. The Balaban J connectivity index is 2.07. The Hall–Kier alpha value is -1.47. The van der Waals surface area contributed by atoms with Crippen molar-refractivity contribution in [2.24, 2.45) is 0 Å². The molecule has 0 atom stereocenters. The van der Waals surface area contributed by atoms with Crippen molar-refractivity contribution in [3.8, 4) is 5.75 Å². The second-order valence-electron chi connectivity index (χ2n) is 7.40. The molecule has 8 heteroatoms. The molecule has 25 heavy (non-hydrogen) atoms. The molecule has 0 amide bonds. The molecule has 2 aliphatic rings. The summed E-state index contributed by atoms with van der Waals surface area (Å²) < 4.78 is 91.5. The van der Waals surface area contributed by atoms with Gasteiger partial charge < -0.3 is 5.11 Å². The molecule has 0 radical (unpaired) electrons. The number of phenolic OH excluding ortho intramolecular Hbond substituents is 1. The van der Waals surface area contributed by atoms with Crippen molar-refractivity contribution in [1.29, 1.82) is 0 Å². The van der Waals surface area contributed by atoms with E-state index in [9.17, 15) is 35.8 Å². The van der Waals surface area contributed by atoms with Crippen molar-refractivity contribution >= 4 is 0 Å². The van der Waals surface area contributed by atoms with E-state index in [1.54, 1.807) is 0 Å². The zero-order valence-electron chi connectivity index (χ0n) is 13.4. The predicted octanol–water partition coefficient (Wildman–Crippen LogP) is 5.81. The maximum absolute atomic E-state index is 14.4. The first-order chi connectivity index (χ1) is 11.3. The van der Waals surface area contributed by atoms with Crippen LogP contribution in [-0.2, 0) is 10.8 Å². The zero-order chi connectivity index (χ0) is 18.8. The van der Waals surface area contributed by atoms with Crippen LogP contribution in [0, 0.1) is 12.7 Å². The molecule has 140 valence electrons. The Bertz CT molecular complexity index is 638. The van der Waals surface area contributed by atoms with Crippen LogP contribution in [-0.4, -0.2) is 17.5 Å². The number of hydrogen-bond donors (Lipinski definition) is 1. The van der Waals surface area contributed by atoms with E-state index in [-0.39, 0.29) is 42.4 Å². The molecule has 2 fully saturated rings. The van der Waals surface area contributed by atoms with E-state index in [0.717, 1.165) is 0 Å². The minimum Gasteiger partial charge on any atom is -0.505 e. The van der Waals surface area contributed by atoms with E-state index >= 15 is 0 Å². The lowest BCUT2D eigenvalue weighted by Gasteiger charge is -2.25. The van der Waals surface area contributed by atoms with Crippen molar-refractivity contribution in [3.05, 3.63) is 28.6 Å². The third-order valence-corrected chi connectivity index (χ3v) is 5.41. The fraction of sp³-hybridized carbons (Fsp3) is 0.647. The van der Waals surface area contributed by atoms with Gasteiger partial charge in [-0.25, -0.2) is 4.39 Å². The molecule has 1 N–H and O–H groups in total. The first kappa shape index (κ1) is 18.3. The number of benzene rings is 1. The van der Waals surface area contributed by atoms with Gasteiger partial charge in [-0.1, -0.05) is 6.07 Å². The van der Waals surface area contributed by atoms with Crippen molar-refractivity contribution in [3.63, 3.8) is 0 Å². The van der Waals surface area contributed by atoms with Crippen LogP contribution < -0.4 is 0 Å². The van der Waals surface area contributed by atoms with Gasteiger partial charge in [0.1, 0.15) is 0 Å². The first-order valence-electron chi connectivity index (χ1n) is 7.95. The summed E-state index contributed by atoms with van der Waals surface area (Å²) in [6.45, 7) is 1.26. The van der Waals surface area contributed by atoms with Crippen molar-refractivity contribution < 1.29 is 35.8 Å². The molecule has 0 spiro atoms. The third-order valence-electron chi connectivity index (χ3n) is 5.41. The molecule has 1 aromatic rings. The summed E-state index contributed by atoms with van der Waals surface area (Å²) in [6.07, 6.45) is -10.7. The van der Waals surface area contributed by atoms with Crippen molar-refractivity contribution in [1.82, 2.24) is 0 Å². The maximum atomic E-state index is 14.4. The highest BCUT2D eigenvalue weighted by atomic mass is 19.4. The molecule has 0 bridgehead atoms. The second kappa shape index (κ2) is 5.27. The topological polar surface area (TPSA) is 20.2 Å². The Kier molecular flexibility index (Phi) is 3.86. The average Bonchev–Trinajstić information content (AvgIpc) is 3.32. The monoisotopic (exact) mass is 370 g/mol. The number of aromatic hydroxyl groups is 1. The lowest BCUT2D eigenvalue weighted by atomic mass is 9.82. The minimum atomic E-state index is -4.51. The fourth-order valence-corrected chi connectivity index (χ4v) is 3.84. The van der Waals surface area contributed by atoms with Gasteiger partial charge in [0, 0.05) is 16.4 Å². The summed E-state index contributed by atoms with van der Waals surface area (Å²) >= 11 is 0. The largest absolute Gasteiger partial charge is 0.505 e. The Morgan fingerprint density at radius 1 is 0.880 bits per heavy atom. The summed E-state index contributed by atoms with van der Waals surface area (Å²) in [5.74, 6) is -1.99. The number of hydrogen-bond acceptors (Lipinski definition) is 1. The number of halogens is 7. The van der Waals surface area contributed by atoms with E-state index in [1.807, 2.05) is 0 Å². The Labute approximate surface area is 139 Å². The highest BCUT2D eigenvalue weighted by Gasteiger charge is 2.56. The molecule has 0 saturated heterocycles. The molecule has 2 aliphatic carbocycles. The highest BCUT2D eigenvalue weighted by molar-refractivity contribution is 5.53. The highest BCUT2D eigenvalue weighted by Crippen LogP contribution is 2.61. The lowest BCUT2D eigenvalue weighted by molar-refractivity contribution is -0.141. The van der Waals surface area contributed by atoms with Gasteiger partial charge >= 0.3 is 12.4 Å². The third kappa shape index (κ3) is 3.44. The van der Waals surface area contributed by atoms with E-state index in [1.165, 1.54) is 13.0 Å². The van der Waals surface area contributed by atoms with E-state index in [4.69, 9.17) is 0 Å². The molecule has 0 aliphatic heterocycles. The zero-order valence-corrected chi connectivity index (χ0v) is 13.4. The summed E-state index contributed by atoms with van der Waals surface area (Å²) in [4.78, 5) is 0. The maximum Gasteiger partial charge on any atom is 0.389 e. The van der Waals surface area contributed by atoms with Gasteiger partial charge in [-0.15, -0.1) is 0 Å². The summed E-state index contributed by atoms with van der Waals surface area (Å²) in [5.41, 5.74) is -2.98. The first-order valence-corrected chi connectivity index (χ1v) is 7.95. The van der Waals surface area contributed by atoms with Crippen molar-refractivity contribution in [2.45, 2.75) is 68.6 Å². The van der Waals surface area contributed by atoms with Gasteiger partial charge in [0.2, 0.25) is 0 Å². The van der Waals surface area contributed by atoms with Crippen LogP contribution in [0.4, 0.5) is 30.7 Å². The average molecular weight is 370 g/mol. The molecule has 0 unspecified atom stereocenters. The molecule has 2 saturated carbocycles. The minimum absolute atomic E-state index is 0.0728. The predicted molar refractivity (Wildman–Crippen MR) is 76.0 cm³/mol. The van der Waals surface area contributed by atoms with Gasteiger partial charge in [-0.05, 0) is 43.7 Å². The smallest absolute Gasteiger partial charge is 0.389 e. The molecule has 3 rings (SSSR count). The number of rotatable bonds is 4. The molecule has 1 nitrogen and oxygen atoms in total. The van der Waals surface area contributed by atoms with E-state index < -0.39 is 47.6 Å². The van der Waals surface area contributed by atoms with Gasteiger partial charge in [-0.2, -0.15) is 26.3 Å². The van der Waals surface area contributed by atoms with Crippen molar-refractivity contribution in [2.75, 3.05) is 0 Å². The Morgan fingerprint density at radius 2 is 1.28 bits per heavy atom. The fourth-order valence-electron chi connectivity index (χ4n) is 3.84. The molecular weight excluding hydrogens is 353 g/mol. The lowest BCUT2D eigenvalue weighted by Crippen LogP contribution is -2.23. The standard InChI is InChI=1S/C17H17F7O/c1-9-10(14(2-3-14)7-16(19,20)21)6-11(13(25)12(9)18)15(4-5-15)8-17(22,23)24/h6,25H,2-5,7-8H2,1H3. The molecule has 0 aromatic heterocycles. The van der Waals surface area contributed by atoms with Gasteiger partial charge in [0.05, 0.1) is 12.8 Å². The van der Waals surface area contributed by atoms with E-state index in [2.05, 4.69) is 0 Å². The van der Waals surface area contributed by atoms with Crippen LogP contribution in [0.15, 0.2) is 6.07 Å². The van der Waals surface area contributed by atoms with Crippen LogP contribution in [0.5, 0.6) is 5.75 Å². The quantitative estimate of drug-likeness (QED) is 0.664. The second-order valence-corrected chi connectivity index (χ2v) is 7.40. The van der Waals surface area contributed by atoms with Gasteiger partial charge in [0.15, 0.2) is 11.6 Å². The van der Waals surface area contributed by atoms with Gasteiger partial charge in [0.25, 0.3) is 0 Å².